The van der Waals surface area contributed by atoms with Gasteiger partial charge in [0.15, 0.2) is 0 Å². The predicted molar refractivity (Wildman–Crippen MR) is 296 cm³/mol. The van der Waals surface area contributed by atoms with Crippen LogP contribution in [-0.4, -0.2) is 0 Å². The first kappa shape index (κ1) is 40.3. The number of anilines is 3. The van der Waals surface area contributed by atoms with E-state index in [9.17, 15) is 0 Å². The molecule has 0 aromatic heterocycles. The summed E-state index contributed by atoms with van der Waals surface area (Å²) < 4.78 is 0. The number of nitrogens with zero attached hydrogens (tertiary/aromatic N) is 1. The summed E-state index contributed by atoms with van der Waals surface area (Å²) in [6.07, 6.45) is 0. The molecule has 0 heterocycles. The SMILES string of the molecule is c1ccc(-c2ccc3c(c2)c2cc(-c4ccccc4)ccc2c2c(-c4ccccc4)c(-c4ccccc4)cc(-c4ccc(N(c5ccc6ccccc6c5)c5cccc6ccccc56)cc4)c32)cc1. The van der Waals surface area contributed by atoms with Crippen molar-refractivity contribution >= 4 is 70.9 Å². The number of rotatable bonds is 8. The van der Waals surface area contributed by atoms with Gasteiger partial charge in [-0.05, 0) is 153 Å². The summed E-state index contributed by atoms with van der Waals surface area (Å²) in [6, 6.07) is 100. The van der Waals surface area contributed by atoms with Gasteiger partial charge in [0, 0.05) is 16.8 Å². The summed E-state index contributed by atoms with van der Waals surface area (Å²) in [5.74, 6) is 0. The molecule has 69 heavy (non-hydrogen) atoms. The van der Waals surface area contributed by atoms with Crippen LogP contribution < -0.4 is 4.90 Å². The lowest BCUT2D eigenvalue weighted by molar-refractivity contribution is 1.30. The maximum Gasteiger partial charge on any atom is 0.0540 e. The summed E-state index contributed by atoms with van der Waals surface area (Å²) in [6.45, 7) is 0. The molecule has 0 fully saturated rings. The van der Waals surface area contributed by atoms with Gasteiger partial charge in [0.05, 0.1) is 5.69 Å². The van der Waals surface area contributed by atoms with Crippen LogP contribution >= 0.6 is 0 Å². The average molecular weight is 876 g/mol. The molecule has 0 aliphatic rings. The van der Waals surface area contributed by atoms with Gasteiger partial charge in [-0.3, -0.25) is 0 Å². The van der Waals surface area contributed by atoms with E-state index in [0.717, 1.165) is 22.6 Å². The molecule has 0 bridgehead atoms. The van der Waals surface area contributed by atoms with Crippen molar-refractivity contribution in [2.75, 3.05) is 4.90 Å². The van der Waals surface area contributed by atoms with Crippen molar-refractivity contribution in [1.29, 1.82) is 0 Å². The minimum absolute atomic E-state index is 1.09. The van der Waals surface area contributed by atoms with Crippen LogP contribution in [0.4, 0.5) is 17.1 Å². The molecular weight excluding hydrogens is 831 g/mol. The highest BCUT2D eigenvalue weighted by Crippen LogP contribution is 2.51. The topological polar surface area (TPSA) is 3.24 Å². The van der Waals surface area contributed by atoms with Crippen molar-refractivity contribution in [2.45, 2.75) is 0 Å². The molecule has 0 unspecified atom stereocenters. The van der Waals surface area contributed by atoms with Crippen LogP contribution in [0.2, 0.25) is 0 Å². The quantitative estimate of drug-likeness (QED) is 0.138. The third-order valence-corrected chi connectivity index (χ3v) is 14.0. The monoisotopic (exact) mass is 875 g/mol. The zero-order chi connectivity index (χ0) is 45.7. The Bertz CT molecular complexity index is 4020. The Morgan fingerprint density at radius 2 is 0.696 bits per heavy atom. The predicted octanol–water partition coefficient (Wildman–Crippen LogP) is 19.3. The zero-order valence-electron chi connectivity index (χ0n) is 37.9. The van der Waals surface area contributed by atoms with E-state index >= 15 is 0 Å². The van der Waals surface area contributed by atoms with E-state index in [0.29, 0.717) is 0 Å². The summed E-state index contributed by atoms with van der Waals surface area (Å²) in [5, 5.41) is 12.3. The molecule has 0 aliphatic carbocycles. The molecule has 0 spiro atoms. The molecule has 322 valence electrons. The molecule has 0 amide bonds. The molecule has 1 nitrogen and oxygen atoms in total. The fourth-order valence-electron chi connectivity index (χ4n) is 10.7. The first-order valence-electron chi connectivity index (χ1n) is 23.8. The zero-order valence-corrected chi connectivity index (χ0v) is 37.9. The molecule has 13 aromatic rings. The van der Waals surface area contributed by atoms with Crippen molar-refractivity contribution in [3.8, 4) is 55.6 Å². The maximum absolute atomic E-state index is 2.47. The van der Waals surface area contributed by atoms with Crippen molar-refractivity contribution in [1.82, 2.24) is 0 Å². The number of fused-ring (bicyclic) bond motifs is 8. The van der Waals surface area contributed by atoms with Crippen LogP contribution in [0.25, 0.3) is 109 Å². The van der Waals surface area contributed by atoms with E-state index in [4.69, 9.17) is 0 Å². The molecule has 0 atom stereocenters. The second kappa shape index (κ2) is 17.0. The van der Waals surface area contributed by atoms with Crippen LogP contribution in [0, 0.1) is 0 Å². The molecule has 0 radical (unpaired) electrons. The van der Waals surface area contributed by atoms with Crippen molar-refractivity contribution in [2.24, 2.45) is 0 Å². The number of hydrogen-bond donors (Lipinski definition) is 0. The second-order valence-corrected chi connectivity index (χ2v) is 18.0. The Kier molecular flexibility index (Phi) is 9.91. The van der Waals surface area contributed by atoms with Gasteiger partial charge in [-0.2, -0.15) is 0 Å². The van der Waals surface area contributed by atoms with Gasteiger partial charge >= 0.3 is 0 Å². The standard InChI is InChI=1S/C68H45N/c1-5-18-46(19-6-1)54-35-40-59-63(43-54)64-44-55(47-20-7-2-8-21-47)36-41-60(64)68-66(52-26-11-4-12-27-52)61(50-23-9-3-10-24-50)45-62(67(59)68)51-33-37-56(38-34-51)69(57-39-32-48-22-13-14-28-53(48)42-57)65-31-17-29-49-25-15-16-30-58(49)65/h1-45H. The van der Waals surface area contributed by atoms with E-state index in [1.54, 1.807) is 0 Å². The fourth-order valence-corrected chi connectivity index (χ4v) is 10.7. The Morgan fingerprint density at radius 1 is 0.217 bits per heavy atom. The minimum Gasteiger partial charge on any atom is -0.310 e. The highest BCUT2D eigenvalue weighted by atomic mass is 15.1. The normalized spacial score (nSPS) is 11.5. The van der Waals surface area contributed by atoms with Crippen LogP contribution in [0.15, 0.2) is 273 Å². The molecule has 0 saturated heterocycles. The van der Waals surface area contributed by atoms with Crippen LogP contribution in [-0.2, 0) is 0 Å². The molecule has 0 N–H and O–H groups in total. The van der Waals surface area contributed by atoms with Crippen LogP contribution in [0.1, 0.15) is 0 Å². The van der Waals surface area contributed by atoms with E-state index in [2.05, 4.69) is 278 Å². The van der Waals surface area contributed by atoms with Gasteiger partial charge in [-0.15, -0.1) is 0 Å². The third-order valence-electron chi connectivity index (χ3n) is 14.0. The average Bonchev–Trinajstić information content (AvgIpc) is 3.43. The van der Waals surface area contributed by atoms with Crippen LogP contribution in [0.3, 0.4) is 0 Å². The highest BCUT2D eigenvalue weighted by Gasteiger charge is 2.23. The molecule has 0 aliphatic heterocycles. The maximum atomic E-state index is 2.47. The van der Waals surface area contributed by atoms with Crippen molar-refractivity contribution in [3.05, 3.63) is 273 Å². The van der Waals surface area contributed by atoms with Crippen LogP contribution in [0.5, 0.6) is 0 Å². The summed E-state index contributed by atoms with van der Waals surface area (Å²) in [7, 11) is 0. The highest BCUT2D eigenvalue weighted by molar-refractivity contribution is 6.33. The van der Waals surface area contributed by atoms with Gasteiger partial charge in [0.25, 0.3) is 0 Å². The lowest BCUT2D eigenvalue weighted by atomic mass is 9.80. The first-order valence-corrected chi connectivity index (χ1v) is 23.8. The Labute approximate surface area is 402 Å². The largest absolute Gasteiger partial charge is 0.310 e. The van der Waals surface area contributed by atoms with Gasteiger partial charge in [0.1, 0.15) is 0 Å². The Hall–Kier alpha value is -9.04. The molecular formula is C68H45N. The van der Waals surface area contributed by atoms with E-state index in [-0.39, 0.29) is 0 Å². The molecule has 0 saturated carbocycles. The van der Waals surface area contributed by atoms with Gasteiger partial charge < -0.3 is 4.90 Å². The Morgan fingerprint density at radius 3 is 1.33 bits per heavy atom. The molecule has 1 heteroatoms. The first-order chi connectivity index (χ1) is 34.2. The van der Waals surface area contributed by atoms with Crippen molar-refractivity contribution in [3.63, 3.8) is 0 Å². The Balaban J connectivity index is 1.12. The number of benzene rings is 13. The van der Waals surface area contributed by atoms with Gasteiger partial charge in [-0.1, -0.05) is 224 Å². The summed E-state index contributed by atoms with van der Waals surface area (Å²) in [4.78, 5) is 2.42. The minimum atomic E-state index is 1.09. The lowest BCUT2D eigenvalue weighted by Crippen LogP contribution is -2.10. The summed E-state index contributed by atoms with van der Waals surface area (Å²) in [5.41, 5.74) is 15.3. The van der Waals surface area contributed by atoms with E-state index in [1.165, 1.54) is 104 Å². The van der Waals surface area contributed by atoms with Gasteiger partial charge in [-0.25, -0.2) is 0 Å². The molecule has 13 aromatic carbocycles. The van der Waals surface area contributed by atoms with E-state index in [1.807, 2.05) is 0 Å². The molecule has 13 rings (SSSR count). The van der Waals surface area contributed by atoms with E-state index < -0.39 is 0 Å². The van der Waals surface area contributed by atoms with Gasteiger partial charge in [0.2, 0.25) is 0 Å². The fraction of sp³-hybridized carbons (Fsp3) is 0. The lowest BCUT2D eigenvalue weighted by Gasteiger charge is -2.27. The summed E-state index contributed by atoms with van der Waals surface area (Å²) >= 11 is 0. The second-order valence-electron chi connectivity index (χ2n) is 18.0. The third kappa shape index (κ3) is 7.12. The smallest absolute Gasteiger partial charge is 0.0540 e. The number of hydrogen-bond acceptors (Lipinski definition) is 1. The van der Waals surface area contributed by atoms with Crippen molar-refractivity contribution < 1.29 is 0 Å².